The van der Waals surface area contributed by atoms with Crippen LogP contribution in [-0.4, -0.2) is 26.9 Å². The van der Waals surface area contributed by atoms with Crippen molar-refractivity contribution in [1.82, 2.24) is 9.88 Å². The Morgan fingerprint density at radius 2 is 2.31 bits per heavy atom. The summed E-state index contributed by atoms with van der Waals surface area (Å²) in [7, 11) is 0. The van der Waals surface area contributed by atoms with Gasteiger partial charge >= 0.3 is 5.97 Å². The van der Waals surface area contributed by atoms with E-state index in [4.69, 9.17) is 5.11 Å². The number of amides is 1. The third kappa shape index (κ3) is 2.08. The molecule has 1 aromatic rings. The van der Waals surface area contributed by atoms with Gasteiger partial charge in [-0.2, -0.15) is 0 Å². The van der Waals surface area contributed by atoms with Crippen LogP contribution < -0.4 is 0 Å². The maximum Gasteiger partial charge on any atom is 0.333 e. The predicted molar refractivity (Wildman–Crippen MR) is 55.1 cm³/mol. The molecule has 0 atom stereocenters. The van der Waals surface area contributed by atoms with Crippen molar-refractivity contribution < 1.29 is 14.7 Å². The van der Waals surface area contributed by atoms with Crippen molar-refractivity contribution in [2.45, 2.75) is 13.0 Å². The minimum Gasteiger partial charge on any atom is -0.478 e. The van der Waals surface area contributed by atoms with Crippen LogP contribution in [-0.2, 0) is 16.1 Å². The SMILES string of the molecule is O=C(O)C1=CN(Cc2ccccn2)C(=O)C1. The van der Waals surface area contributed by atoms with Gasteiger partial charge in [-0.3, -0.25) is 9.78 Å². The van der Waals surface area contributed by atoms with Crippen molar-refractivity contribution in [3.63, 3.8) is 0 Å². The first-order chi connectivity index (χ1) is 7.66. The highest BCUT2D eigenvalue weighted by Crippen LogP contribution is 2.17. The fraction of sp³-hybridized carbons (Fsp3) is 0.182. The first kappa shape index (κ1) is 10.4. The number of nitrogens with zero attached hydrogens (tertiary/aromatic N) is 2. The number of pyridine rings is 1. The Kier molecular flexibility index (Phi) is 2.68. The van der Waals surface area contributed by atoms with Crippen LogP contribution in [0.4, 0.5) is 0 Å². The van der Waals surface area contributed by atoms with Gasteiger partial charge < -0.3 is 10.0 Å². The number of aromatic nitrogens is 1. The van der Waals surface area contributed by atoms with Gasteiger partial charge in [-0.15, -0.1) is 0 Å². The molecule has 1 aliphatic heterocycles. The van der Waals surface area contributed by atoms with Gasteiger partial charge in [-0.25, -0.2) is 4.79 Å². The number of hydrogen-bond donors (Lipinski definition) is 1. The van der Waals surface area contributed by atoms with Gasteiger partial charge in [0.15, 0.2) is 0 Å². The average Bonchev–Trinajstić information content (AvgIpc) is 2.62. The molecule has 0 bridgehead atoms. The van der Waals surface area contributed by atoms with E-state index in [1.807, 2.05) is 6.07 Å². The van der Waals surface area contributed by atoms with Gasteiger partial charge in [-0.1, -0.05) is 6.07 Å². The molecule has 82 valence electrons. The largest absolute Gasteiger partial charge is 0.478 e. The van der Waals surface area contributed by atoms with Crippen LogP contribution in [0.5, 0.6) is 0 Å². The lowest BCUT2D eigenvalue weighted by molar-refractivity contribution is -0.134. The summed E-state index contributed by atoms with van der Waals surface area (Å²) in [6, 6.07) is 5.40. The van der Waals surface area contributed by atoms with Crippen molar-refractivity contribution in [1.29, 1.82) is 0 Å². The molecular weight excluding hydrogens is 208 g/mol. The second-order valence-electron chi connectivity index (χ2n) is 3.48. The second kappa shape index (κ2) is 4.14. The van der Waals surface area contributed by atoms with Crippen molar-refractivity contribution in [2.75, 3.05) is 0 Å². The van der Waals surface area contributed by atoms with Crippen LogP contribution in [0.1, 0.15) is 12.1 Å². The number of carboxylic acid groups (broad SMARTS) is 1. The standard InChI is InChI=1S/C11H10N2O3/c14-10-5-8(11(15)16)6-13(10)7-9-3-1-2-4-12-9/h1-4,6H,5,7H2,(H,15,16). The molecule has 16 heavy (non-hydrogen) atoms. The smallest absolute Gasteiger partial charge is 0.333 e. The molecule has 0 fully saturated rings. The number of hydrogen-bond acceptors (Lipinski definition) is 3. The van der Waals surface area contributed by atoms with Crippen molar-refractivity contribution in [3.05, 3.63) is 41.9 Å². The molecule has 0 saturated carbocycles. The molecule has 1 aliphatic rings. The average molecular weight is 218 g/mol. The van der Waals surface area contributed by atoms with Gasteiger partial charge in [0.25, 0.3) is 0 Å². The molecule has 0 spiro atoms. The fourth-order valence-corrected chi connectivity index (χ4v) is 1.50. The highest BCUT2D eigenvalue weighted by molar-refractivity contribution is 5.97. The Labute approximate surface area is 92.0 Å². The highest BCUT2D eigenvalue weighted by atomic mass is 16.4. The topological polar surface area (TPSA) is 70.5 Å². The normalized spacial score (nSPS) is 15.1. The van der Waals surface area contributed by atoms with E-state index in [0.717, 1.165) is 5.69 Å². The Bertz CT molecular complexity index is 454. The minimum atomic E-state index is -1.04. The van der Waals surface area contributed by atoms with E-state index in [2.05, 4.69) is 4.98 Å². The van der Waals surface area contributed by atoms with Gasteiger partial charge in [0.1, 0.15) is 0 Å². The van der Waals surface area contributed by atoms with E-state index in [1.165, 1.54) is 11.1 Å². The predicted octanol–water partition coefficient (Wildman–Crippen LogP) is 0.782. The Hall–Kier alpha value is -2.17. The Morgan fingerprint density at radius 1 is 1.50 bits per heavy atom. The van der Waals surface area contributed by atoms with Crippen LogP contribution in [0.3, 0.4) is 0 Å². The molecule has 5 heteroatoms. The zero-order valence-corrected chi connectivity index (χ0v) is 8.46. The lowest BCUT2D eigenvalue weighted by Crippen LogP contribution is -2.20. The van der Waals surface area contributed by atoms with Crippen molar-refractivity contribution in [3.8, 4) is 0 Å². The van der Waals surface area contributed by atoms with Crippen LogP contribution in [0.15, 0.2) is 36.2 Å². The quantitative estimate of drug-likeness (QED) is 0.813. The minimum absolute atomic E-state index is 0.0395. The number of carboxylic acids is 1. The van der Waals surface area contributed by atoms with E-state index in [9.17, 15) is 9.59 Å². The zero-order valence-electron chi connectivity index (χ0n) is 8.46. The third-order valence-corrected chi connectivity index (χ3v) is 2.31. The summed E-state index contributed by atoms with van der Waals surface area (Å²) in [5, 5.41) is 8.75. The fourth-order valence-electron chi connectivity index (χ4n) is 1.50. The summed E-state index contributed by atoms with van der Waals surface area (Å²) < 4.78 is 0. The molecule has 0 aliphatic carbocycles. The molecule has 2 rings (SSSR count). The van der Waals surface area contributed by atoms with Gasteiger partial charge in [0, 0.05) is 12.4 Å². The molecule has 0 radical (unpaired) electrons. The van der Waals surface area contributed by atoms with Crippen LogP contribution >= 0.6 is 0 Å². The van der Waals surface area contributed by atoms with Crippen molar-refractivity contribution in [2.24, 2.45) is 0 Å². The van der Waals surface area contributed by atoms with E-state index in [0.29, 0.717) is 6.54 Å². The van der Waals surface area contributed by atoms with Gasteiger partial charge in [-0.05, 0) is 12.1 Å². The van der Waals surface area contributed by atoms with Gasteiger partial charge in [0.2, 0.25) is 5.91 Å². The molecule has 1 N–H and O–H groups in total. The lowest BCUT2D eigenvalue weighted by Gasteiger charge is -2.11. The van der Waals surface area contributed by atoms with Crippen LogP contribution in [0, 0.1) is 0 Å². The summed E-state index contributed by atoms with van der Waals surface area (Å²) in [5.74, 6) is -1.25. The first-order valence-corrected chi connectivity index (χ1v) is 4.80. The Balaban J connectivity index is 2.12. The van der Waals surface area contributed by atoms with Crippen molar-refractivity contribution >= 4 is 11.9 Å². The van der Waals surface area contributed by atoms with Gasteiger partial charge in [0.05, 0.1) is 24.2 Å². The summed E-state index contributed by atoms with van der Waals surface area (Å²) in [4.78, 5) is 27.6. The molecular formula is C11H10N2O3. The molecule has 1 aromatic heterocycles. The summed E-state index contributed by atoms with van der Waals surface area (Å²) in [5.41, 5.74) is 0.861. The highest BCUT2D eigenvalue weighted by Gasteiger charge is 2.25. The van der Waals surface area contributed by atoms with Crippen LogP contribution in [0.2, 0.25) is 0 Å². The summed E-state index contributed by atoms with van der Waals surface area (Å²) in [6.45, 7) is 0.316. The molecule has 1 amide bonds. The van der Waals surface area contributed by atoms with Crippen LogP contribution in [0.25, 0.3) is 0 Å². The number of rotatable bonds is 3. The number of aliphatic carboxylic acids is 1. The summed E-state index contributed by atoms with van der Waals surface area (Å²) >= 11 is 0. The van der Waals surface area contributed by atoms with E-state index in [1.54, 1.807) is 18.3 Å². The third-order valence-electron chi connectivity index (χ3n) is 2.31. The molecule has 0 aromatic carbocycles. The number of carbonyl (C=O) groups excluding carboxylic acids is 1. The number of carbonyl (C=O) groups is 2. The lowest BCUT2D eigenvalue weighted by atomic mass is 10.2. The Morgan fingerprint density at radius 3 is 2.88 bits per heavy atom. The summed E-state index contributed by atoms with van der Waals surface area (Å²) in [6.07, 6.45) is 2.97. The molecule has 5 nitrogen and oxygen atoms in total. The molecule has 0 saturated heterocycles. The maximum atomic E-state index is 11.5. The molecule has 2 heterocycles. The molecule has 0 unspecified atom stereocenters. The monoisotopic (exact) mass is 218 g/mol. The maximum absolute atomic E-state index is 11.5. The zero-order chi connectivity index (χ0) is 11.5. The first-order valence-electron chi connectivity index (χ1n) is 4.80. The second-order valence-corrected chi connectivity index (χ2v) is 3.48. The van der Waals surface area contributed by atoms with E-state index < -0.39 is 5.97 Å². The van der Waals surface area contributed by atoms with E-state index in [-0.39, 0.29) is 17.9 Å². The van der Waals surface area contributed by atoms with E-state index >= 15 is 0 Å².